The third kappa shape index (κ3) is 3.50. The van der Waals surface area contributed by atoms with Crippen LogP contribution in [0, 0.1) is 6.92 Å². The highest BCUT2D eigenvalue weighted by Gasteiger charge is 2.30. The molecular formula is C24H20N4O3. The first-order valence-corrected chi connectivity index (χ1v) is 9.99. The number of ether oxygens (including phenoxy) is 1. The first kappa shape index (κ1) is 18.9. The third-order valence-electron chi connectivity index (χ3n) is 5.23. The van der Waals surface area contributed by atoms with E-state index in [2.05, 4.69) is 10.6 Å². The second-order valence-corrected chi connectivity index (χ2v) is 7.40. The number of benzene rings is 2. The fourth-order valence-electron chi connectivity index (χ4n) is 3.70. The molecule has 2 amide bonds. The summed E-state index contributed by atoms with van der Waals surface area (Å²) in [4.78, 5) is 30.1. The van der Waals surface area contributed by atoms with E-state index in [1.807, 2.05) is 72.1 Å². The lowest BCUT2D eigenvalue weighted by Gasteiger charge is -2.25. The number of para-hydroxylation sites is 2. The highest BCUT2D eigenvalue weighted by Crippen LogP contribution is 2.32. The number of nitrogens with one attached hydrogen (secondary N) is 2. The molecule has 2 aromatic carbocycles. The lowest BCUT2D eigenvalue weighted by atomic mass is 10.1. The van der Waals surface area contributed by atoms with E-state index in [1.54, 1.807) is 12.1 Å². The van der Waals surface area contributed by atoms with E-state index in [1.165, 1.54) is 0 Å². The van der Waals surface area contributed by atoms with Crippen LogP contribution in [-0.4, -0.2) is 27.3 Å². The molecule has 0 bridgehead atoms. The summed E-state index contributed by atoms with van der Waals surface area (Å²) in [5.41, 5.74) is 3.92. The van der Waals surface area contributed by atoms with Gasteiger partial charge in [-0.15, -0.1) is 0 Å². The van der Waals surface area contributed by atoms with E-state index in [4.69, 9.17) is 9.72 Å². The maximum absolute atomic E-state index is 12.9. The van der Waals surface area contributed by atoms with Crippen molar-refractivity contribution in [1.82, 2.24) is 9.38 Å². The van der Waals surface area contributed by atoms with Crippen molar-refractivity contribution in [3.8, 4) is 17.0 Å². The average molecular weight is 412 g/mol. The quantitative estimate of drug-likeness (QED) is 0.530. The molecule has 7 heteroatoms. The highest BCUT2D eigenvalue weighted by atomic mass is 16.5. The molecule has 1 aliphatic rings. The Morgan fingerprint density at radius 1 is 1.10 bits per heavy atom. The van der Waals surface area contributed by atoms with Crippen LogP contribution in [0.3, 0.4) is 0 Å². The minimum absolute atomic E-state index is 0.118. The maximum Gasteiger partial charge on any atom is 0.266 e. The van der Waals surface area contributed by atoms with Crippen LogP contribution in [0.2, 0.25) is 0 Å². The fourth-order valence-corrected chi connectivity index (χ4v) is 3.70. The molecule has 31 heavy (non-hydrogen) atoms. The predicted molar refractivity (Wildman–Crippen MR) is 118 cm³/mol. The van der Waals surface area contributed by atoms with Gasteiger partial charge in [0.1, 0.15) is 22.9 Å². The Labute approximate surface area is 178 Å². The van der Waals surface area contributed by atoms with Gasteiger partial charge in [0, 0.05) is 11.8 Å². The zero-order chi connectivity index (χ0) is 21.4. The third-order valence-corrected chi connectivity index (χ3v) is 5.23. The zero-order valence-corrected chi connectivity index (χ0v) is 16.8. The number of aryl methyl sites for hydroxylation is 1. The summed E-state index contributed by atoms with van der Waals surface area (Å²) < 4.78 is 7.61. The fraction of sp³-hybridized carbons (Fsp3) is 0.125. The number of aromatic nitrogens is 2. The highest BCUT2D eigenvalue weighted by molar-refractivity contribution is 6.02. The summed E-state index contributed by atoms with van der Waals surface area (Å²) in [5.74, 6) is 0.438. The number of anilines is 2. The van der Waals surface area contributed by atoms with Crippen molar-refractivity contribution in [3.63, 3.8) is 0 Å². The molecule has 4 aromatic rings. The minimum Gasteiger partial charge on any atom is -0.478 e. The summed E-state index contributed by atoms with van der Waals surface area (Å²) in [6.07, 6.45) is 0.834. The Bertz CT molecular complexity index is 1300. The molecular weight excluding hydrogens is 392 g/mol. The molecule has 1 unspecified atom stereocenters. The molecule has 0 aliphatic carbocycles. The second-order valence-electron chi connectivity index (χ2n) is 7.40. The SMILES string of the molecule is Cc1cccn2c(NC(=O)CC3Oc4ccccc4NC3=O)c(-c3ccccc3)nc12. The van der Waals surface area contributed by atoms with E-state index >= 15 is 0 Å². The Morgan fingerprint density at radius 3 is 2.71 bits per heavy atom. The standard InChI is InChI=1S/C24H20N4O3/c1-15-8-7-13-28-22(15)27-21(16-9-3-2-4-10-16)23(28)26-20(29)14-19-24(30)25-17-11-5-6-12-18(17)31-19/h2-13,19H,14H2,1H3,(H,25,30)(H,26,29). The van der Waals surface area contributed by atoms with Crippen molar-refractivity contribution >= 4 is 29.0 Å². The van der Waals surface area contributed by atoms with Gasteiger partial charge in [-0.3, -0.25) is 14.0 Å². The normalized spacial score (nSPS) is 15.1. The van der Waals surface area contributed by atoms with Gasteiger partial charge in [0.2, 0.25) is 5.91 Å². The number of rotatable bonds is 4. The zero-order valence-electron chi connectivity index (χ0n) is 16.8. The number of carbonyl (C=O) groups is 2. The van der Waals surface area contributed by atoms with E-state index < -0.39 is 6.10 Å². The molecule has 0 radical (unpaired) electrons. The van der Waals surface area contributed by atoms with Crippen molar-refractivity contribution in [2.75, 3.05) is 10.6 Å². The van der Waals surface area contributed by atoms with Crippen molar-refractivity contribution in [2.24, 2.45) is 0 Å². The first-order valence-electron chi connectivity index (χ1n) is 9.99. The number of pyridine rings is 1. The Kier molecular flexibility index (Phi) is 4.63. The Morgan fingerprint density at radius 2 is 1.87 bits per heavy atom. The Balaban J connectivity index is 1.45. The molecule has 2 N–H and O–H groups in total. The number of amides is 2. The molecule has 3 heterocycles. The van der Waals surface area contributed by atoms with Gasteiger partial charge < -0.3 is 15.4 Å². The summed E-state index contributed by atoms with van der Waals surface area (Å²) in [6, 6.07) is 20.7. The average Bonchev–Trinajstić information content (AvgIpc) is 3.14. The second kappa shape index (κ2) is 7.60. The van der Waals surface area contributed by atoms with Gasteiger partial charge in [-0.1, -0.05) is 48.5 Å². The molecule has 0 saturated heterocycles. The summed E-state index contributed by atoms with van der Waals surface area (Å²) in [6.45, 7) is 1.97. The molecule has 2 aromatic heterocycles. The van der Waals surface area contributed by atoms with Gasteiger partial charge >= 0.3 is 0 Å². The van der Waals surface area contributed by atoms with Gasteiger partial charge in [-0.05, 0) is 30.7 Å². The van der Waals surface area contributed by atoms with Crippen LogP contribution in [0.1, 0.15) is 12.0 Å². The molecule has 7 nitrogen and oxygen atoms in total. The van der Waals surface area contributed by atoms with Crippen LogP contribution >= 0.6 is 0 Å². The number of fused-ring (bicyclic) bond motifs is 2. The van der Waals surface area contributed by atoms with E-state index in [9.17, 15) is 9.59 Å². The number of hydrogen-bond donors (Lipinski definition) is 2. The van der Waals surface area contributed by atoms with Gasteiger partial charge in [0.05, 0.1) is 12.1 Å². The first-order chi connectivity index (χ1) is 15.1. The van der Waals surface area contributed by atoms with Gasteiger partial charge in [-0.25, -0.2) is 4.98 Å². The lowest BCUT2D eigenvalue weighted by molar-refractivity contribution is -0.128. The number of carbonyl (C=O) groups excluding carboxylic acids is 2. The van der Waals surface area contributed by atoms with Crippen molar-refractivity contribution in [3.05, 3.63) is 78.5 Å². The van der Waals surface area contributed by atoms with Crippen molar-refractivity contribution < 1.29 is 14.3 Å². The molecule has 0 spiro atoms. The summed E-state index contributed by atoms with van der Waals surface area (Å²) in [5, 5.41) is 5.74. The molecule has 154 valence electrons. The molecule has 1 atom stereocenters. The number of imidazole rings is 1. The van der Waals surface area contributed by atoms with Crippen LogP contribution in [-0.2, 0) is 9.59 Å². The monoisotopic (exact) mass is 412 g/mol. The molecule has 0 saturated carbocycles. The largest absolute Gasteiger partial charge is 0.478 e. The maximum atomic E-state index is 12.9. The van der Waals surface area contributed by atoms with Gasteiger partial charge in [0.25, 0.3) is 5.91 Å². The number of nitrogens with zero attached hydrogens (tertiary/aromatic N) is 2. The van der Waals surface area contributed by atoms with Gasteiger partial charge in [-0.2, -0.15) is 0 Å². The summed E-state index contributed by atoms with van der Waals surface area (Å²) >= 11 is 0. The van der Waals surface area contributed by atoms with Crippen LogP contribution in [0.4, 0.5) is 11.5 Å². The number of hydrogen-bond acceptors (Lipinski definition) is 4. The van der Waals surface area contributed by atoms with E-state index in [-0.39, 0.29) is 18.2 Å². The van der Waals surface area contributed by atoms with Crippen LogP contribution in [0.25, 0.3) is 16.9 Å². The van der Waals surface area contributed by atoms with Crippen LogP contribution < -0.4 is 15.4 Å². The van der Waals surface area contributed by atoms with Crippen molar-refractivity contribution in [1.29, 1.82) is 0 Å². The van der Waals surface area contributed by atoms with Crippen LogP contribution in [0.15, 0.2) is 72.9 Å². The van der Waals surface area contributed by atoms with Gasteiger partial charge in [0.15, 0.2) is 6.10 Å². The molecule has 0 fully saturated rings. The van der Waals surface area contributed by atoms with E-state index in [0.29, 0.717) is 22.9 Å². The Hall–Kier alpha value is -4.13. The van der Waals surface area contributed by atoms with Crippen LogP contribution in [0.5, 0.6) is 5.75 Å². The van der Waals surface area contributed by atoms with Crippen molar-refractivity contribution in [2.45, 2.75) is 19.4 Å². The van der Waals surface area contributed by atoms with E-state index in [0.717, 1.165) is 16.8 Å². The smallest absolute Gasteiger partial charge is 0.266 e. The molecule has 1 aliphatic heterocycles. The topological polar surface area (TPSA) is 84.7 Å². The minimum atomic E-state index is -0.906. The molecule has 5 rings (SSSR count). The lowest BCUT2D eigenvalue weighted by Crippen LogP contribution is -2.39. The predicted octanol–water partition coefficient (Wildman–Crippen LogP) is 4.04. The summed E-state index contributed by atoms with van der Waals surface area (Å²) in [7, 11) is 0.